The summed E-state index contributed by atoms with van der Waals surface area (Å²) in [4.78, 5) is 23.8. The first-order valence-electron chi connectivity index (χ1n) is 10.4. The number of thiophene rings is 1. The molecule has 0 unspecified atom stereocenters. The lowest BCUT2D eigenvalue weighted by Crippen LogP contribution is -2.41. The molecule has 2 aliphatic rings. The Balaban J connectivity index is 1.18. The Bertz CT molecular complexity index is 1130. The average molecular weight is 457 g/mol. The second-order valence-electron chi connectivity index (χ2n) is 8.01. The second kappa shape index (κ2) is 8.55. The number of carbonyl (C=O) groups excluding carboxylic acids is 1. The fraction of sp³-hybridized carbons (Fsp3) is 0.409. The minimum Gasteiger partial charge on any atom is -0.486 e. The Morgan fingerprint density at radius 2 is 2.16 bits per heavy atom. The molecule has 7 nitrogen and oxygen atoms in total. The first-order valence-corrected chi connectivity index (χ1v) is 12.2. The second-order valence-corrected chi connectivity index (χ2v) is 10.0. The van der Waals surface area contributed by atoms with E-state index in [1.54, 1.807) is 11.3 Å². The molecule has 162 valence electrons. The van der Waals surface area contributed by atoms with Crippen LogP contribution in [-0.2, 0) is 17.6 Å². The maximum Gasteiger partial charge on any atom is 0.230 e. The van der Waals surface area contributed by atoms with E-state index < -0.39 is 0 Å². The SMILES string of the molecule is C[C@@H]1CCc2c(sc3nc(SCC(=O)NC[C@H]4COc5ccccc5O4)nc(N)c23)C1. The fourth-order valence-electron chi connectivity index (χ4n) is 3.99. The van der Waals surface area contributed by atoms with Gasteiger partial charge in [-0.25, -0.2) is 9.97 Å². The number of aromatic nitrogens is 2. The molecule has 31 heavy (non-hydrogen) atoms. The first-order chi connectivity index (χ1) is 15.1. The van der Waals surface area contributed by atoms with Crippen LogP contribution in [0.3, 0.4) is 0 Å². The van der Waals surface area contributed by atoms with Crippen molar-refractivity contribution < 1.29 is 14.3 Å². The number of nitrogens with two attached hydrogens (primary N) is 1. The smallest absolute Gasteiger partial charge is 0.230 e. The van der Waals surface area contributed by atoms with Gasteiger partial charge in [-0.2, -0.15) is 0 Å². The number of nitrogens with zero attached hydrogens (tertiary/aromatic N) is 2. The van der Waals surface area contributed by atoms with Crippen LogP contribution in [0.25, 0.3) is 10.2 Å². The number of hydrogen-bond donors (Lipinski definition) is 2. The number of fused-ring (bicyclic) bond motifs is 4. The quantitative estimate of drug-likeness (QED) is 0.448. The summed E-state index contributed by atoms with van der Waals surface area (Å²) in [6.07, 6.45) is 3.08. The predicted molar refractivity (Wildman–Crippen MR) is 123 cm³/mol. The third kappa shape index (κ3) is 4.29. The van der Waals surface area contributed by atoms with Gasteiger partial charge in [0.1, 0.15) is 23.4 Å². The molecule has 2 atom stereocenters. The Hall–Kier alpha value is -2.52. The first kappa shape index (κ1) is 20.4. The van der Waals surface area contributed by atoms with Crippen LogP contribution in [0.15, 0.2) is 29.4 Å². The van der Waals surface area contributed by atoms with Gasteiger partial charge >= 0.3 is 0 Å². The van der Waals surface area contributed by atoms with Gasteiger partial charge in [-0.05, 0) is 42.9 Å². The van der Waals surface area contributed by atoms with E-state index in [9.17, 15) is 4.79 Å². The number of rotatable bonds is 5. The molecule has 1 aliphatic heterocycles. The molecule has 5 rings (SSSR count). The molecule has 0 radical (unpaired) electrons. The number of nitrogens with one attached hydrogen (secondary N) is 1. The summed E-state index contributed by atoms with van der Waals surface area (Å²) in [5.41, 5.74) is 7.59. The van der Waals surface area contributed by atoms with Crippen LogP contribution in [-0.4, -0.2) is 40.9 Å². The minimum atomic E-state index is -0.216. The van der Waals surface area contributed by atoms with Crippen molar-refractivity contribution in [1.82, 2.24) is 15.3 Å². The normalized spacial score (nSPS) is 19.8. The molecule has 0 bridgehead atoms. The zero-order chi connectivity index (χ0) is 21.4. The standard InChI is InChI=1S/C22H24N4O3S2/c1-12-6-7-14-17(8-12)31-21-19(14)20(23)25-22(26-21)30-11-18(27)24-9-13-10-28-15-4-2-3-5-16(15)29-13/h2-5,12-13H,6-11H2,1H3,(H,24,27)(H2,23,25,26)/t12-,13+/m1/s1. The van der Waals surface area contributed by atoms with Crippen LogP contribution in [0.5, 0.6) is 11.5 Å². The largest absolute Gasteiger partial charge is 0.486 e. The van der Waals surface area contributed by atoms with Gasteiger partial charge < -0.3 is 20.5 Å². The number of para-hydroxylation sites is 2. The van der Waals surface area contributed by atoms with Crippen LogP contribution in [0.4, 0.5) is 5.82 Å². The summed E-state index contributed by atoms with van der Waals surface area (Å²) >= 11 is 3.01. The highest BCUT2D eigenvalue weighted by molar-refractivity contribution is 7.99. The van der Waals surface area contributed by atoms with E-state index in [1.165, 1.54) is 28.6 Å². The maximum absolute atomic E-state index is 12.3. The molecule has 0 spiro atoms. The van der Waals surface area contributed by atoms with Crippen molar-refractivity contribution in [3.05, 3.63) is 34.7 Å². The number of ether oxygens (including phenoxy) is 2. The van der Waals surface area contributed by atoms with Crippen molar-refractivity contribution in [1.29, 1.82) is 0 Å². The molecular formula is C22H24N4O3S2. The molecule has 0 fully saturated rings. The predicted octanol–water partition coefficient (Wildman–Crippen LogP) is 3.45. The van der Waals surface area contributed by atoms with Gasteiger partial charge in [-0.3, -0.25) is 4.79 Å². The van der Waals surface area contributed by atoms with Crippen LogP contribution in [0.1, 0.15) is 23.8 Å². The van der Waals surface area contributed by atoms with Crippen molar-refractivity contribution in [3.63, 3.8) is 0 Å². The number of hydrogen-bond acceptors (Lipinski definition) is 8. The lowest BCUT2D eigenvalue weighted by atomic mass is 9.89. The minimum absolute atomic E-state index is 0.103. The number of nitrogen functional groups attached to an aromatic ring is 1. The number of thioether (sulfide) groups is 1. The molecule has 2 aromatic heterocycles. The third-order valence-electron chi connectivity index (χ3n) is 5.59. The van der Waals surface area contributed by atoms with E-state index in [4.69, 9.17) is 15.2 Å². The van der Waals surface area contributed by atoms with Gasteiger partial charge in [0, 0.05) is 4.88 Å². The Morgan fingerprint density at radius 1 is 1.32 bits per heavy atom. The molecule has 3 N–H and O–H groups in total. The summed E-state index contributed by atoms with van der Waals surface area (Å²) < 4.78 is 11.5. The Morgan fingerprint density at radius 3 is 3.03 bits per heavy atom. The van der Waals surface area contributed by atoms with Gasteiger partial charge in [0.2, 0.25) is 5.91 Å². The summed E-state index contributed by atoms with van der Waals surface area (Å²) in [5, 5.41) is 4.45. The monoisotopic (exact) mass is 456 g/mol. The topological polar surface area (TPSA) is 99.4 Å². The maximum atomic E-state index is 12.3. The van der Waals surface area contributed by atoms with Gasteiger partial charge in [0.25, 0.3) is 0 Å². The van der Waals surface area contributed by atoms with Crippen LogP contribution >= 0.6 is 23.1 Å². The highest BCUT2D eigenvalue weighted by atomic mass is 32.2. The van der Waals surface area contributed by atoms with Crippen molar-refractivity contribution in [2.75, 3.05) is 24.6 Å². The van der Waals surface area contributed by atoms with Crippen LogP contribution < -0.4 is 20.5 Å². The van der Waals surface area contributed by atoms with E-state index in [0.29, 0.717) is 35.8 Å². The molecule has 0 saturated carbocycles. The van der Waals surface area contributed by atoms with Gasteiger partial charge in [0.05, 0.1) is 17.7 Å². The summed E-state index contributed by atoms with van der Waals surface area (Å²) in [6, 6.07) is 7.53. The number of carbonyl (C=O) groups is 1. The Labute approximate surface area is 188 Å². The molecule has 0 saturated heterocycles. The van der Waals surface area contributed by atoms with E-state index in [0.717, 1.165) is 28.8 Å². The third-order valence-corrected chi connectivity index (χ3v) is 7.58. The lowest BCUT2D eigenvalue weighted by Gasteiger charge is -2.26. The number of aryl methyl sites for hydroxylation is 1. The van der Waals surface area contributed by atoms with Crippen molar-refractivity contribution in [3.8, 4) is 11.5 Å². The lowest BCUT2D eigenvalue weighted by molar-refractivity contribution is -0.119. The van der Waals surface area contributed by atoms with Gasteiger partial charge in [0.15, 0.2) is 16.7 Å². The number of benzene rings is 1. The van der Waals surface area contributed by atoms with Crippen molar-refractivity contribution in [2.24, 2.45) is 5.92 Å². The van der Waals surface area contributed by atoms with E-state index in [-0.39, 0.29) is 17.8 Å². The summed E-state index contributed by atoms with van der Waals surface area (Å²) in [5.74, 6) is 2.76. The highest BCUT2D eigenvalue weighted by Crippen LogP contribution is 2.40. The molecule has 1 aromatic carbocycles. The van der Waals surface area contributed by atoms with E-state index in [1.807, 2.05) is 24.3 Å². The summed E-state index contributed by atoms with van der Waals surface area (Å²) in [6.45, 7) is 3.07. The van der Waals surface area contributed by atoms with E-state index in [2.05, 4.69) is 22.2 Å². The molecular weight excluding hydrogens is 432 g/mol. The molecule has 9 heteroatoms. The number of anilines is 1. The molecule has 1 amide bonds. The molecule has 1 aliphatic carbocycles. The van der Waals surface area contributed by atoms with Crippen LogP contribution in [0.2, 0.25) is 0 Å². The number of amides is 1. The summed E-state index contributed by atoms with van der Waals surface area (Å²) in [7, 11) is 0. The van der Waals surface area contributed by atoms with Crippen LogP contribution in [0, 0.1) is 5.92 Å². The highest BCUT2D eigenvalue weighted by Gasteiger charge is 2.24. The van der Waals surface area contributed by atoms with Crippen molar-refractivity contribution >= 4 is 45.0 Å². The zero-order valence-electron chi connectivity index (χ0n) is 17.2. The zero-order valence-corrected chi connectivity index (χ0v) is 18.9. The van der Waals surface area contributed by atoms with E-state index >= 15 is 0 Å². The molecule has 3 aromatic rings. The van der Waals surface area contributed by atoms with Gasteiger partial charge in [-0.1, -0.05) is 30.8 Å². The average Bonchev–Trinajstić information content (AvgIpc) is 3.14. The van der Waals surface area contributed by atoms with Crippen molar-refractivity contribution in [2.45, 2.75) is 37.4 Å². The fourth-order valence-corrected chi connectivity index (χ4v) is 6.12. The van der Waals surface area contributed by atoms with Gasteiger partial charge in [-0.15, -0.1) is 11.3 Å². The Kier molecular flexibility index (Phi) is 5.62. The molecule has 3 heterocycles.